The number of hydrogen-bond donors (Lipinski definition) is 0. The molecule has 9 aromatic rings. The molecule has 9 rings (SSSR count). The van der Waals surface area contributed by atoms with E-state index in [1.54, 1.807) is 0 Å². The smallest absolute Gasteiger partial charge is 0.00206 e. The number of rotatable bonds is 1. The Hall–Kier alpha value is -5.20. The standard InChI is InChI=1S/C40H24/c1-2-9-26-22-38-30(18-25(26)8-1)16-17-31-21-33-23-37-29(20-32(33)24-39(31)38)12-7-15-36(37)40-34-13-5-3-10-27(34)19-28-11-4-6-14-35(28)40/h1-24H. The summed E-state index contributed by atoms with van der Waals surface area (Å²) in [6.45, 7) is 0. The zero-order chi connectivity index (χ0) is 26.2. The van der Waals surface area contributed by atoms with Crippen molar-refractivity contribution in [2.45, 2.75) is 0 Å². The van der Waals surface area contributed by atoms with Crippen LogP contribution in [0.4, 0.5) is 0 Å². The van der Waals surface area contributed by atoms with E-state index in [9.17, 15) is 0 Å². The van der Waals surface area contributed by atoms with Crippen LogP contribution in [0.1, 0.15) is 0 Å². The summed E-state index contributed by atoms with van der Waals surface area (Å²) in [4.78, 5) is 0. The van der Waals surface area contributed by atoms with Gasteiger partial charge in [-0.3, -0.25) is 0 Å². The van der Waals surface area contributed by atoms with Crippen LogP contribution < -0.4 is 0 Å². The summed E-state index contributed by atoms with van der Waals surface area (Å²) in [6.07, 6.45) is 0. The Morgan fingerprint density at radius 2 is 0.625 bits per heavy atom. The lowest BCUT2D eigenvalue weighted by atomic mass is 9.88. The van der Waals surface area contributed by atoms with E-state index < -0.39 is 0 Å². The first-order valence-corrected chi connectivity index (χ1v) is 13.9. The fourth-order valence-electron chi connectivity index (χ4n) is 6.80. The van der Waals surface area contributed by atoms with Crippen LogP contribution in [0.2, 0.25) is 0 Å². The highest BCUT2D eigenvalue weighted by molar-refractivity contribution is 6.20. The Bertz CT molecular complexity index is 2430. The van der Waals surface area contributed by atoms with Gasteiger partial charge in [-0.1, -0.05) is 103 Å². The molecule has 0 amide bonds. The van der Waals surface area contributed by atoms with Gasteiger partial charge >= 0.3 is 0 Å². The molecule has 0 aromatic heterocycles. The lowest BCUT2D eigenvalue weighted by molar-refractivity contribution is 1.72. The summed E-state index contributed by atoms with van der Waals surface area (Å²) < 4.78 is 0. The number of benzene rings is 9. The van der Waals surface area contributed by atoms with Crippen molar-refractivity contribution in [3.63, 3.8) is 0 Å². The molecule has 0 saturated heterocycles. The first kappa shape index (κ1) is 21.7. The first-order valence-electron chi connectivity index (χ1n) is 13.9. The van der Waals surface area contributed by atoms with Gasteiger partial charge in [-0.2, -0.15) is 0 Å². The van der Waals surface area contributed by atoms with Gasteiger partial charge in [-0.15, -0.1) is 0 Å². The lowest BCUT2D eigenvalue weighted by Gasteiger charge is -2.15. The van der Waals surface area contributed by atoms with E-state index in [1.807, 2.05) is 0 Å². The molecule has 0 aliphatic rings. The topological polar surface area (TPSA) is 0 Å². The van der Waals surface area contributed by atoms with E-state index in [-0.39, 0.29) is 0 Å². The SMILES string of the molecule is c1ccc2cc3c(ccc4cc5cc6c(-c7c8ccccc8cc8ccccc78)cccc6cc5cc43)cc2c1. The van der Waals surface area contributed by atoms with Crippen molar-refractivity contribution in [3.05, 3.63) is 146 Å². The van der Waals surface area contributed by atoms with Crippen LogP contribution in [-0.4, -0.2) is 0 Å². The highest BCUT2D eigenvalue weighted by Gasteiger charge is 2.14. The second-order valence-electron chi connectivity index (χ2n) is 11.0. The maximum absolute atomic E-state index is 2.40. The van der Waals surface area contributed by atoms with E-state index in [4.69, 9.17) is 0 Å². The Balaban J connectivity index is 1.36. The molecule has 0 N–H and O–H groups in total. The molecule has 40 heavy (non-hydrogen) atoms. The predicted octanol–water partition coefficient (Wildman–Crippen LogP) is 11.4. The molecule has 0 unspecified atom stereocenters. The summed E-state index contributed by atoms with van der Waals surface area (Å²) in [5.41, 5.74) is 2.61. The van der Waals surface area contributed by atoms with Crippen molar-refractivity contribution in [2.75, 3.05) is 0 Å². The summed E-state index contributed by atoms with van der Waals surface area (Å²) >= 11 is 0. The Morgan fingerprint density at radius 3 is 1.27 bits per heavy atom. The minimum Gasteiger partial charge on any atom is -0.0616 e. The van der Waals surface area contributed by atoms with Gasteiger partial charge in [0.1, 0.15) is 0 Å². The normalized spacial score (nSPS) is 12.0. The zero-order valence-electron chi connectivity index (χ0n) is 21.9. The van der Waals surface area contributed by atoms with Crippen molar-refractivity contribution < 1.29 is 0 Å². The van der Waals surface area contributed by atoms with Gasteiger partial charge < -0.3 is 0 Å². The molecule has 0 fully saturated rings. The number of fused-ring (bicyclic) bond motifs is 8. The quantitative estimate of drug-likeness (QED) is 0.154. The van der Waals surface area contributed by atoms with Gasteiger partial charge in [-0.05, 0) is 129 Å². The number of hydrogen-bond acceptors (Lipinski definition) is 0. The third kappa shape index (κ3) is 3.14. The van der Waals surface area contributed by atoms with Gasteiger partial charge in [0.25, 0.3) is 0 Å². The largest absolute Gasteiger partial charge is 0.0616 e. The van der Waals surface area contributed by atoms with E-state index >= 15 is 0 Å². The summed E-state index contributed by atoms with van der Waals surface area (Å²) in [7, 11) is 0. The molecule has 0 aliphatic carbocycles. The molecule has 0 saturated carbocycles. The third-order valence-corrected chi connectivity index (χ3v) is 8.70. The molecule has 0 heterocycles. The molecule has 9 aromatic carbocycles. The minimum atomic E-state index is 1.27. The molecule has 0 radical (unpaired) electrons. The van der Waals surface area contributed by atoms with E-state index in [0.29, 0.717) is 0 Å². The molecule has 0 aliphatic heterocycles. The van der Waals surface area contributed by atoms with Gasteiger partial charge in [-0.25, -0.2) is 0 Å². The summed E-state index contributed by atoms with van der Waals surface area (Å²) in [6, 6.07) is 54.0. The second-order valence-corrected chi connectivity index (χ2v) is 11.0. The van der Waals surface area contributed by atoms with Crippen LogP contribution in [0.25, 0.3) is 86.5 Å². The monoisotopic (exact) mass is 504 g/mol. The molecule has 0 nitrogen and oxygen atoms in total. The average Bonchev–Trinajstić information content (AvgIpc) is 3.00. The molecular weight excluding hydrogens is 480 g/mol. The molecule has 0 spiro atoms. The maximum atomic E-state index is 2.40. The predicted molar refractivity (Wildman–Crippen MR) is 174 cm³/mol. The van der Waals surface area contributed by atoms with E-state index in [1.165, 1.54) is 86.5 Å². The molecule has 184 valence electrons. The van der Waals surface area contributed by atoms with Gasteiger partial charge in [0.05, 0.1) is 0 Å². The summed E-state index contributed by atoms with van der Waals surface area (Å²) in [5.74, 6) is 0. The first-order chi connectivity index (χ1) is 19.8. The molecule has 0 bridgehead atoms. The average molecular weight is 505 g/mol. The van der Waals surface area contributed by atoms with Crippen LogP contribution in [0, 0.1) is 0 Å². The van der Waals surface area contributed by atoms with Crippen molar-refractivity contribution in [2.24, 2.45) is 0 Å². The van der Waals surface area contributed by atoms with Crippen LogP contribution in [-0.2, 0) is 0 Å². The van der Waals surface area contributed by atoms with Crippen LogP contribution in [0.15, 0.2) is 146 Å². The van der Waals surface area contributed by atoms with Crippen molar-refractivity contribution >= 4 is 75.4 Å². The maximum Gasteiger partial charge on any atom is -0.00206 e. The van der Waals surface area contributed by atoms with Gasteiger partial charge in [0.15, 0.2) is 0 Å². The van der Waals surface area contributed by atoms with Crippen LogP contribution in [0.5, 0.6) is 0 Å². The van der Waals surface area contributed by atoms with Crippen molar-refractivity contribution in [1.82, 2.24) is 0 Å². The minimum absolute atomic E-state index is 1.27. The fourth-order valence-corrected chi connectivity index (χ4v) is 6.80. The zero-order valence-corrected chi connectivity index (χ0v) is 21.9. The highest BCUT2D eigenvalue weighted by atomic mass is 14.2. The lowest BCUT2D eigenvalue weighted by Crippen LogP contribution is -1.88. The van der Waals surface area contributed by atoms with Crippen molar-refractivity contribution in [1.29, 1.82) is 0 Å². The Morgan fingerprint density at radius 1 is 0.225 bits per heavy atom. The third-order valence-electron chi connectivity index (χ3n) is 8.70. The van der Waals surface area contributed by atoms with Gasteiger partial charge in [0, 0.05) is 0 Å². The second kappa shape index (κ2) is 8.15. The highest BCUT2D eigenvalue weighted by Crippen LogP contribution is 2.41. The fraction of sp³-hybridized carbons (Fsp3) is 0. The summed E-state index contributed by atoms with van der Waals surface area (Å²) in [5, 5.41) is 18.0. The molecule has 0 heteroatoms. The van der Waals surface area contributed by atoms with E-state index in [2.05, 4.69) is 146 Å². The van der Waals surface area contributed by atoms with Crippen LogP contribution >= 0.6 is 0 Å². The van der Waals surface area contributed by atoms with Crippen molar-refractivity contribution in [3.8, 4) is 11.1 Å². The molecular formula is C40H24. The Labute approximate surface area is 231 Å². The molecule has 0 atom stereocenters. The van der Waals surface area contributed by atoms with Gasteiger partial charge in [0.2, 0.25) is 0 Å². The Kier molecular flexibility index (Phi) is 4.42. The van der Waals surface area contributed by atoms with E-state index in [0.717, 1.165) is 0 Å². The van der Waals surface area contributed by atoms with Crippen LogP contribution in [0.3, 0.4) is 0 Å².